The molecule has 0 spiro atoms. The van der Waals surface area contributed by atoms with Gasteiger partial charge in [-0.2, -0.15) is 0 Å². The van der Waals surface area contributed by atoms with E-state index in [-0.39, 0.29) is 24.3 Å². The number of benzene rings is 1. The van der Waals surface area contributed by atoms with Crippen LogP contribution in [0.2, 0.25) is 0 Å². The van der Waals surface area contributed by atoms with E-state index >= 15 is 0 Å². The van der Waals surface area contributed by atoms with Crippen LogP contribution in [0.25, 0.3) is 0 Å². The lowest BCUT2D eigenvalue weighted by atomic mass is 9.99. The highest BCUT2D eigenvalue weighted by molar-refractivity contribution is 5.69. The Labute approximate surface area is 169 Å². The van der Waals surface area contributed by atoms with Gasteiger partial charge in [0.25, 0.3) is 0 Å². The average Bonchev–Trinajstić information content (AvgIpc) is 2.93. The molecule has 5 heteroatoms. The number of nitrogens with zero attached hydrogens (tertiary/aromatic N) is 2. The molecule has 3 atom stereocenters. The smallest absolute Gasteiger partial charge is 0.410 e. The summed E-state index contributed by atoms with van der Waals surface area (Å²) in [5, 5.41) is 0. The molecule has 0 aromatic heterocycles. The summed E-state index contributed by atoms with van der Waals surface area (Å²) in [5.41, 5.74) is 0.876. The third-order valence-corrected chi connectivity index (χ3v) is 6.24. The molecular formula is C23H34N2O3. The summed E-state index contributed by atoms with van der Waals surface area (Å²) in [4.78, 5) is 17.1. The number of carbonyl (C=O) groups is 1. The normalized spacial score (nSPS) is 28.5. The standard InChI is InChI=1S/C23H34N2O3/c1-23(2,3)28-22(26)25-18-9-10-19(25)16-21(15-18)27-20-11-13-24(14-12-20)17-7-5-4-6-8-17/h4-8,18-21H,9-16H2,1-3H3/t18-,19+,21+. The Hall–Kier alpha value is -1.75. The topological polar surface area (TPSA) is 42.0 Å². The van der Waals surface area contributed by atoms with E-state index < -0.39 is 5.60 Å². The van der Waals surface area contributed by atoms with E-state index in [0.29, 0.717) is 6.10 Å². The number of fused-ring (bicyclic) bond motifs is 2. The maximum atomic E-state index is 12.6. The number of ether oxygens (including phenoxy) is 2. The second-order valence-corrected chi connectivity index (χ2v) is 9.52. The highest BCUT2D eigenvalue weighted by atomic mass is 16.6. The van der Waals surface area contributed by atoms with Crippen LogP contribution < -0.4 is 4.90 Å². The van der Waals surface area contributed by atoms with Gasteiger partial charge in [0.15, 0.2) is 0 Å². The van der Waals surface area contributed by atoms with Crippen LogP contribution in [0.3, 0.4) is 0 Å². The minimum Gasteiger partial charge on any atom is -0.444 e. The van der Waals surface area contributed by atoms with Crippen molar-refractivity contribution in [2.75, 3.05) is 18.0 Å². The van der Waals surface area contributed by atoms with Crippen LogP contribution in [-0.2, 0) is 9.47 Å². The highest BCUT2D eigenvalue weighted by Gasteiger charge is 2.45. The van der Waals surface area contributed by atoms with Crippen LogP contribution in [0, 0.1) is 0 Å². The van der Waals surface area contributed by atoms with Gasteiger partial charge in [-0.1, -0.05) is 18.2 Å². The summed E-state index contributed by atoms with van der Waals surface area (Å²) in [5.74, 6) is 0. The number of piperidine rings is 2. The molecule has 0 unspecified atom stereocenters. The summed E-state index contributed by atoms with van der Waals surface area (Å²) in [6.07, 6.45) is 6.71. The molecule has 1 aromatic rings. The number of hydrogen-bond acceptors (Lipinski definition) is 4. The summed E-state index contributed by atoms with van der Waals surface area (Å²) < 4.78 is 12.2. The predicted molar refractivity (Wildman–Crippen MR) is 111 cm³/mol. The van der Waals surface area contributed by atoms with Crippen molar-refractivity contribution in [1.82, 2.24) is 4.90 Å². The van der Waals surface area contributed by atoms with Crippen LogP contribution in [0.4, 0.5) is 10.5 Å². The Morgan fingerprint density at radius 3 is 2.11 bits per heavy atom. The second kappa shape index (κ2) is 7.94. The van der Waals surface area contributed by atoms with Crippen molar-refractivity contribution in [2.45, 2.75) is 89.2 Å². The first-order valence-electron chi connectivity index (χ1n) is 10.9. The number of hydrogen-bond donors (Lipinski definition) is 0. The van der Waals surface area contributed by atoms with Crippen molar-refractivity contribution in [3.63, 3.8) is 0 Å². The molecule has 28 heavy (non-hydrogen) atoms. The van der Waals surface area contributed by atoms with Crippen LogP contribution in [0.15, 0.2) is 30.3 Å². The van der Waals surface area contributed by atoms with Crippen molar-refractivity contribution in [3.05, 3.63) is 30.3 Å². The van der Waals surface area contributed by atoms with E-state index in [9.17, 15) is 4.79 Å². The van der Waals surface area contributed by atoms with E-state index in [1.165, 1.54) is 5.69 Å². The molecule has 1 aromatic carbocycles. The van der Waals surface area contributed by atoms with Gasteiger partial charge in [-0.3, -0.25) is 0 Å². The molecule has 4 rings (SSSR count). The number of anilines is 1. The Morgan fingerprint density at radius 2 is 1.54 bits per heavy atom. The maximum absolute atomic E-state index is 12.6. The molecule has 0 radical (unpaired) electrons. The minimum absolute atomic E-state index is 0.144. The third-order valence-electron chi connectivity index (χ3n) is 6.24. The third kappa shape index (κ3) is 4.45. The van der Waals surface area contributed by atoms with Gasteiger partial charge in [0.1, 0.15) is 5.60 Å². The average molecular weight is 387 g/mol. The van der Waals surface area contributed by atoms with E-state index in [1.807, 2.05) is 25.7 Å². The Balaban J connectivity index is 1.27. The minimum atomic E-state index is -0.434. The summed E-state index contributed by atoms with van der Waals surface area (Å²) in [7, 11) is 0. The largest absolute Gasteiger partial charge is 0.444 e. The Bertz CT molecular complexity index is 650. The molecule has 0 saturated carbocycles. The van der Waals surface area contributed by atoms with Crippen LogP contribution >= 0.6 is 0 Å². The van der Waals surface area contributed by atoms with Gasteiger partial charge in [0.05, 0.1) is 12.2 Å². The van der Waals surface area contributed by atoms with Crippen molar-refractivity contribution >= 4 is 11.8 Å². The summed E-state index contributed by atoms with van der Waals surface area (Å²) >= 11 is 0. The van der Waals surface area contributed by atoms with Crippen molar-refractivity contribution in [3.8, 4) is 0 Å². The zero-order chi connectivity index (χ0) is 19.7. The van der Waals surface area contributed by atoms with Crippen molar-refractivity contribution in [1.29, 1.82) is 0 Å². The molecule has 3 heterocycles. The first-order valence-corrected chi connectivity index (χ1v) is 10.9. The lowest BCUT2D eigenvalue weighted by molar-refractivity contribution is -0.0701. The molecule has 1 amide bonds. The molecular weight excluding hydrogens is 352 g/mol. The van der Waals surface area contributed by atoms with E-state index in [0.717, 1.165) is 51.6 Å². The molecule has 3 fully saturated rings. The molecule has 0 N–H and O–H groups in total. The van der Waals surface area contributed by atoms with Gasteiger partial charge in [-0.25, -0.2) is 4.79 Å². The summed E-state index contributed by atoms with van der Waals surface area (Å²) in [6.45, 7) is 7.91. The quantitative estimate of drug-likeness (QED) is 0.761. The molecule has 3 saturated heterocycles. The molecule has 0 aliphatic carbocycles. The first-order chi connectivity index (χ1) is 13.4. The van der Waals surface area contributed by atoms with Crippen molar-refractivity contribution < 1.29 is 14.3 Å². The Morgan fingerprint density at radius 1 is 0.929 bits per heavy atom. The van der Waals surface area contributed by atoms with Crippen LogP contribution in [-0.4, -0.2) is 54.0 Å². The monoisotopic (exact) mass is 386 g/mol. The molecule has 3 aliphatic heterocycles. The lowest BCUT2D eigenvalue weighted by Crippen LogP contribution is -2.51. The molecule has 2 bridgehead atoms. The first kappa shape index (κ1) is 19.6. The fraction of sp³-hybridized carbons (Fsp3) is 0.696. The number of amides is 1. The number of rotatable bonds is 3. The molecule has 5 nitrogen and oxygen atoms in total. The molecule has 3 aliphatic rings. The SMILES string of the molecule is CC(C)(C)OC(=O)N1[C@@H]2CC[C@H]1C[C@@H](OC1CCN(c3ccccc3)CC1)C2. The molecule has 154 valence electrons. The van der Waals surface area contributed by atoms with E-state index in [1.54, 1.807) is 0 Å². The van der Waals surface area contributed by atoms with Crippen LogP contribution in [0.1, 0.15) is 59.3 Å². The number of carbonyl (C=O) groups excluding carboxylic acids is 1. The van der Waals surface area contributed by atoms with Gasteiger partial charge in [-0.15, -0.1) is 0 Å². The lowest BCUT2D eigenvalue weighted by Gasteiger charge is -2.41. The Kier molecular flexibility index (Phi) is 5.55. The van der Waals surface area contributed by atoms with Crippen LogP contribution in [0.5, 0.6) is 0 Å². The van der Waals surface area contributed by atoms with Gasteiger partial charge < -0.3 is 19.3 Å². The van der Waals surface area contributed by atoms with Gasteiger partial charge in [-0.05, 0) is 71.4 Å². The van der Waals surface area contributed by atoms with E-state index in [2.05, 4.69) is 35.2 Å². The highest BCUT2D eigenvalue weighted by Crippen LogP contribution is 2.38. The fourth-order valence-corrected chi connectivity index (χ4v) is 5.01. The predicted octanol–water partition coefficient (Wildman–Crippen LogP) is 4.60. The zero-order valence-corrected chi connectivity index (χ0v) is 17.5. The van der Waals surface area contributed by atoms with Gasteiger partial charge in [0.2, 0.25) is 0 Å². The van der Waals surface area contributed by atoms with Crippen molar-refractivity contribution in [2.24, 2.45) is 0 Å². The second-order valence-electron chi connectivity index (χ2n) is 9.52. The fourth-order valence-electron chi connectivity index (χ4n) is 5.01. The number of para-hydroxylation sites is 1. The van der Waals surface area contributed by atoms with E-state index in [4.69, 9.17) is 9.47 Å². The zero-order valence-electron chi connectivity index (χ0n) is 17.5. The van der Waals surface area contributed by atoms with Gasteiger partial charge in [0, 0.05) is 30.9 Å². The summed E-state index contributed by atoms with van der Waals surface area (Å²) in [6, 6.07) is 11.2. The van der Waals surface area contributed by atoms with Gasteiger partial charge >= 0.3 is 6.09 Å². The maximum Gasteiger partial charge on any atom is 0.410 e.